The summed E-state index contributed by atoms with van der Waals surface area (Å²) in [6, 6.07) is 0. The Morgan fingerprint density at radius 1 is 1.23 bits per heavy atom. The van der Waals surface area contributed by atoms with Crippen molar-refractivity contribution >= 4 is 0 Å². The van der Waals surface area contributed by atoms with Crippen LogP contribution in [0, 0.1) is 0 Å². The molecular formula is C7H17NO5. The molecule has 6 nitrogen and oxygen atoms in total. The summed E-state index contributed by atoms with van der Waals surface area (Å²) in [6.07, 6.45) is -4.72. The van der Waals surface area contributed by atoms with Gasteiger partial charge >= 0.3 is 0 Å². The van der Waals surface area contributed by atoms with Gasteiger partial charge in [0.2, 0.25) is 0 Å². The molecule has 0 spiro atoms. The third kappa shape index (κ3) is 3.99. The van der Waals surface area contributed by atoms with Gasteiger partial charge in [0.25, 0.3) is 0 Å². The lowest BCUT2D eigenvalue weighted by atomic mass is 10.0. The average molecular weight is 195 g/mol. The highest BCUT2D eigenvalue weighted by molar-refractivity contribution is 4.78. The van der Waals surface area contributed by atoms with E-state index in [4.69, 9.17) is 15.1 Å². The maximum absolute atomic E-state index is 9.33. The Labute approximate surface area is 76.7 Å². The van der Waals surface area contributed by atoms with E-state index >= 15 is 0 Å². The van der Waals surface area contributed by atoms with Gasteiger partial charge in [-0.2, -0.15) is 0 Å². The van der Waals surface area contributed by atoms with Crippen LogP contribution < -0.4 is 5.48 Å². The molecule has 5 N–H and O–H groups in total. The highest BCUT2D eigenvalue weighted by Crippen LogP contribution is 2.06. The summed E-state index contributed by atoms with van der Waals surface area (Å²) < 4.78 is 0. The van der Waals surface area contributed by atoms with Gasteiger partial charge in [0, 0.05) is 7.05 Å². The van der Waals surface area contributed by atoms with Gasteiger partial charge in [-0.1, -0.05) is 0 Å². The first-order chi connectivity index (χ1) is 6.04. The fraction of sp³-hybridized carbons (Fsp3) is 1.00. The molecular weight excluding hydrogens is 178 g/mol. The molecule has 6 heteroatoms. The predicted octanol–water partition coefficient (Wildman–Crippen LogP) is -2.40. The number of aliphatic hydroxyl groups is 4. The molecule has 0 saturated carbocycles. The van der Waals surface area contributed by atoms with Crippen molar-refractivity contribution in [3.63, 3.8) is 0 Å². The van der Waals surface area contributed by atoms with Crippen LogP contribution in [0.1, 0.15) is 6.92 Å². The summed E-state index contributed by atoms with van der Waals surface area (Å²) >= 11 is 0. The first-order valence-corrected chi connectivity index (χ1v) is 4.02. The maximum Gasteiger partial charge on any atom is 0.111 e. The lowest BCUT2D eigenvalue weighted by Crippen LogP contribution is -2.46. The zero-order chi connectivity index (χ0) is 10.4. The summed E-state index contributed by atoms with van der Waals surface area (Å²) in [4.78, 5) is 4.77. The third-order valence-electron chi connectivity index (χ3n) is 1.72. The number of hydrogen-bond donors (Lipinski definition) is 5. The monoisotopic (exact) mass is 195 g/mol. The van der Waals surface area contributed by atoms with Crippen molar-refractivity contribution in [2.75, 3.05) is 13.7 Å². The topological polar surface area (TPSA) is 102 Å². The van der Waals surface area contributed by atoms with E-state index in [2.05, 4.69) is 5.48 Å². The van der Waals surface area contributed by atoms with E-state index in [1.54, 1.807) is 0 Å². The lowest BCUT2D eigenvalue weighted by molar-refractivity contribution is -0.142. The van der Waals surface area contributed by atoms with Gasteiger partial charge in [-0.25, -0.2) is 5.48 Å². The molecule has 0 aliphatic heterocycles. The maximum atomic E-state index is 9.33. The molecule has 0 amide bonds. The van der Waals surface area contributed by atoms with Crippen LogP contribution in [0.3, 0.4) is 0 Å². The Morgan fingerprint density at radius 2 is 1.77 bits per heavy atom. The molecule has 0 heterocycles. The molecule has 0 aromatic carbocycles. The Kier molecular flexibility index (Phi) is 6.13. The van der Waals surface area contributed by atoms with Gasteiger partial charge in [0.1, 0.15) is 24.4 Å². The molecule has 0 rings (SSSR count). The third-order valence-corrected chi connectivity index (χ3v) is 1.72. The number of nitrogens with one attached hydrogen (secondary N) is 1. The van der Waals surface area contributed by atoms with Gasteiger partial charge in [-0.15, -0.1) is 0 Å². The van der Waals surface area contributed by atoms with E-state index in [-0.39, 0.29) is 0 Å². The fourth-order valence-corrected chi connectivity index (χ4v) is 0.869. The first kappa shape index (κ1) is 12.8. The highest BCUT2D eigenvalue weighted by atomic mass is 16.7. The second-order valence-electron chi connectivity index (χ2n) is 2.76. The van der Waals surface area contributed by atoms with Crippen molar-refractivity contribution in [3.05, 3.63) is 0 Å². The minimum atomic E-state index is -1.42. The van der Waals surface area contributed by atoms with Crippen LogP contribution >= 0.6 is 0 Å². The molecule has 0 unspecified atom stereocenters. The predicted molar refractivity (Wildman–Crippen MR) is 44.7 cm³/mol. The van der Waals surface area contributed by atoms with Crippen LogP contribution in [0.15, 0.2) is 0 Å². The van der Waals surface area contributed by atoms with Crippen LogP contribution in [-0.4, -0.2) is 58.5 Å². The van der Waals surface area contributed by atoms with Gasteiger partial charge in [-0.05, 0) is 6.92 Å². The summed E-state index contributed by atoms with van der Waals surface area (Å²) in [5, 5.41) is 36.0. The number of hydrogen-bond acceptors (Lipinski definition) is 6. The zero-order valence-corrected chi connectivity index (χ0v) is 7.71. The van der Waals surface area contributed by atoms with Crippen LogP contribution in [0.4, 0.5) is 0 Å². The summed E-state index contributed by atoms with van der Waals surface area (Å²) in [6.45, 7) is 0.916. The van der Waals surface area contributed by atoms with Crippen molar-refractivity contribution in [2.45, 2.75) is 31.3 Å². The molecule has 0 aromatic heterocycles. The molecule has 0 bridgehead atoms. The molecule has 0 aromatic rings. The van der Waals surface area contributed by atoms with E-state index in [0.717, 1.165) is 0 Å². The van der Waals surface area contributed by atoms with Crippen LogP contribution in [-0.2, 0) is 4.84 Å². The van der Waals surface area contributed by atoms with E-state index < -0.39 is 31.0 Å². The minimum absolute atomic E-state index is 0.607. The quantitative estimate of drug-likeness (QED) is 0.303. The first-order valence-electron chi connectivity index (χ1n) is 4.02. The van der Waals surface area contributed by atoms with Crippen molar-refractivity contribution in [3.8, 4) is 0 Å². The van der Waals surface area contributed by atoms with Crippen LogP contribution in [0.5, 0.6) is 0 Å². The summed E-state index contributed by atoms with van der Waals surface area (Å²) in [5.41, 5.74) is 2.34. The standard InChI is InChI=1S/C7H17NO5/c1-4(13-8-2)6(11)7(12)5(10)3-9/h4-12H,3H2,1-2H3/t4-,5+,6+,7+/m0/s1. The van der Waals surface area contributed by atoms with E-state index in [1.165, 1.54) is 14.0 Å². The molecule has 0 aliphatic rings. The summed E-state index contributed by atoms with van der Waals surface area (Å²) in [5.74, 6) is 0. The van der Waals surface area contributed by atoms with E-state index in [9.17, 15) is 10.2 Å². The van der Waals surface area contributed by atoms with Gasteiger partial charge < -0.3 is 20.4 Å². The Hall–Kier alpha value is -0.240. The Balaban J connectivity index is 3.99. The van der Waals surface area contributed by atoms with Crippen molar-refractivity contribution in [2.24, 2.45) is 0 Å². The zero-order valence-electron chi connectivity index (χ0n) is 7.71. The lowest BCUT2D eigenvalue weighted by Gasteiger charge is -2.25. The van der Waals surface area contributed by atoms with Crippen molar-refractivity contribution < 1.29 is 25.3 Å². The normalized spacial score (nSPS) is 20.8. The molecule has 0 fully saturated rings. The average Bonchev–Trinajstić information content (AvgIpc) is 2.14. The van der Waals surface area contributed by atoms with Crippen molar-refractivity contribution in [1.82, 2.24) is 5.48 Å². The van der Waals surface area contributed by atoms with Crippen LogP contribution in [0.2, 0.25) is 0 Å². The van der Waals surface area contributed by atoms with E-state index in [1.807, 2.05) is 0 Å². The number of hydroxylamine groups is 1. The van der Waals surface area contributed by atoms with E-state index in [0.29, 0.717) is 0 Å². The molecule has 0 saturated heterocycles. The van der Waals surface area contributed by atoms with Crippen LogP contribution in [0.25, 0.3) is 0 Å². The second-order valence-corrected chi connectivity index (χ2v) is 2.76. The largest absolute Gasteiger partial charge is 0.394 e. The fourth-order valence-electron chi connectivity index (χ4n) is 0.869. The second kappa shape index (κ2) is 6.25. The van der Waals surface area contributed by atoms with Gasteiger partial charge in [-0.3, -0.25) is 4.84 Å². The summed E-state index contributed by atoms with van der Waals surface area (Å²) in [7, 11) is 1.51. The Bertz CT molecular complexity index is 134. The number of aliphatic hydroxyl groups excluding tert-OH is 4. The molecule has 4 atom stereocenters. The SMILES string of the molecule is CNO[C@@H](C)[C@@H](O)[C@H](O)[C@H](O)CO. The van der Waals surface area contributed by atoms with Gasteiger partial charge in [0.15, 0.2) is 0 Å². The molecule has 13 heavy (non-hydrogen) atoms. The molecule has 0 aliphatic carbocycles. The van der Waals surface area contributed by atoms with Gasteiger partial charge in [0.05, 0.1) is 6.61 Å². The highest BCUT2D eigenvalue weighted by Gasteiger charge is 2.29. The molecule has 0 radical (unpaired) electrons. The Morgan fingerprint density at radius 3 is 2.15 bits per heavy atom. The molecule has 80 valence electrons. The minimum Gasteiger partial charge on any atom is -0.394 e. The smallest absolute Gasteiger partial charge is 0.111 e. The van der Waals surface area contributed by atoms with Crippen molar-refractivity contribution in [1.29, 1.82) is 0 Å². The number of rotatable bonds is 6.